The fourth-order valence-corrected chi connectivity index (χ4v) is 2.37. The predicted molar refractivity (Wildman–Crippen MR) is 93.1 cm³/mol. The molecule has 5 nitrogen and oxygen atoms in total. The SMILES string of the molecule is COc1cc(NC(=O)CNc2cccc(C(F)(F)F)c2)c(OC)cc1Cl. The first-order valence-corrected chi connectivity index (χ1v) is 7.75. The van der Waals surface area contributed by atoms with Gasteiger partial charge in [-0.3, -0.25) is 4.79 Å². The molecule has 0 saturated heterocycles. The molecule has 2 rings (SSSR count). The highest BCUT2D eigenvalue weighted by Gasteiger charge is 2.30. The van der Waals surface area contributed by atoms with Gasteiger partial charge in [-0.2, -0.15) is 13.2 Å². The molecule has 0 aliphatic carbocycles. The van der Waals surface area contributed by atoms with Gasteiger partial charge in [-0.05, 0) is 18.2 Å². The monoisotopic (exact) mass is 388 g/mol. The third-order valence-corrected chi connectivity index (χ3v) is 3.69. The minimum Gasteiger partial charge on any atom is -0.495 e. The number of carbonyl (C=O) groups excluding carboxylic acids is 1. The van der Waals surface area contributed by atoms with Crippen molar-refractivity contribution in [3.63, 3.8) is 0 Å². The molecule has 0 aromatic heterocycles. The third-order valence-electron chi connectivity index (χ3n) is 3.39. The standard InChI is InChI=1S/C17H16ClF3N2O3/c1-25-14-8-13(15(26-2)7-12(14)18)23-16(24)9-22-11-5-3-4-10(6-11)17(19,20)21/h3-8,22H,9H2,1-2H3,(H,23,24). The van der Waals surface area contributed by atoms with E-state index in [0.717, 1.165) is 12.1 Å². The van der Waals surface area contributed by atoms with Gasteiger partial charge in [-0.1, -0.05) is 17.7 Å². The largest absolute Gasteiger partial charge is 0.495 e. The number of rotatable bonds is 6. The maximum Gasteiger partial charge on any atom is 0.416 e. The lowest BCUT2D eigenvalue weighted by Crippen LogP contribution is -2.22. The van der Waals surface area contributed by atoms with E-state index in [1.54, 1.807) is 0 Å². The summed E-state index contributed by atoms with van der Waals surface area (Å²) in [7, 11) is 2.84. The van der Waals surface area contributed by atoms with Crippen LogP contribution in [0, 0.1) is 0 Å². The molecule has 9 heteroatoms. The van der Waals surface area contributed by atoms with E-state index in [2.05, 4.69) is 10.6 Å². The molecule has 2 aromatic carbocycles. The number of hydrogen-bond donors (Lipinski definition) is 2. The second-order valence-electron chi connectivity index (χ2n) is 5.17. The normalized spacial score (nSPS) is 11.0. The summed E-state index contributed by atoms with van der Waals surface area (Å²) in [6.07, 6.45) is -4.45. The fraction of sp³-hybridized carbons (Fsp3) is 0.235. The molecule has 0 bridgehead atoms. The van der Waals surface area contributed by atoms with E-state index in [1.807, 2.05) is 0 Å². The lowest BCUT2D eigenvalue weighted by molar-refractivity contribution is -0.137. The van der Waals surface area contributed by atoms with Crippen molar-refractivity contribution in [2.45, 2.75) is 6.18 Å². The number of nitrogens with one attached hydrogen (secondary N) is 2. The molecule has 2 aromatic rings. The average Bonchev–Trinajstić information content (AvgIpc) is 2.60. The third kappa shape index (κ3) is 4.95. The van der Waals surface area contributed by atoms with Crippen LogP contribution in [0.1, 0.15) is 5.56 Å². The number of alkyl halides is 3. The smallest absolute Gasteiger partial charge is 0.416 e. The summed E-state index contributed by atoms with van der Waals surface area (Å²) in [5.74, 6) is 0.182. The Morgan fingerprint density at radius 2 is 1.81 bits per heavy atom. The number of methoxy groups -OCH3 is 2. The van der Waals surface area contributed by atoms with Crippen LogP contribution in [0.4, 0.5) is 24.5 Å². The van der Waals surface area contributed by atoms with E-state index < -0.39 is 17.6 Å². The summed E-state index contributed by atoms with van der Waals surface area (Å²) in [6.45, 7) is -0.241. The van der Waals surface area contributed by atoms with E-state index in [4.69, 9.17) is 21.1 Å². The van der Waals surface area contributed by atoms with Crippen LogP contribution in [0.5, 0.6) is 11.5 Å². The Bertz CT molecular complexity index is 797. The summed E-state index contributed by atoms with van der Waals surface area (Å²) in [4.78, 5) is 12.1. The Hall–Kier alpha value is -2.61. The molecular weight excluding hydrogens is 373 g/mol. The second kappa shape index (κ2) is 8.18. The number of benzene rings is 2. The Morgan fingerprint density at radius 3 is 2.42 bits per heavy atom. The van der Waals surface area contributed by atoms with Crippen molar-refractivity contribution in [2.24, 2.45) is 0 Å². The Balaban J connectivity index is 2.06. The first-order chi connectivity index (χ1) is 12.2. The molecule has 26 heavy (non-hydrogen) atoms. The van der Waals surface area contributed by atoms with Gasteiger partial charge in [0.1, 0.15) is 11.5 Å². The van der Waals surface area contributed by atoms with Gasteiger partial charge in [0.25, 0.3) is 0 Å². The van der Waals surface area contributed by atoms with Crippen molar-refractivity contribution >= 4 is 28.9 Å². The molecule has 140 valence electrons. The molecule has 1 amide bonds. The zero-order valence-electron chi connectivity index (χ0n) is 13.9. The summed E-state index contributed by atoms with van der Waals surface area (Å²) >= 11 is 5.99. The summed E-state index contributed by atoms with van der Waals surface area (Å²) in [5, 5.41) is 5.55. The highest BCUT2D eigenvalue weighted by atomic mass is 35.5. The quantitative estimate of drug-likeness (QED) is 0.768. The first kappa shape index (κ1) is 19.7. The van der Waals surface area contributed by atoms with Crippen molar-refractivity contribution in [1.29, 1.82) is 0 Å². The van der Waals surface area contributed by atoms with Gasteiger partial charge >= 0.3 is 6.18 Å². The van der Waals surface area contributed by atoms with Gasteiger partial charge < -0.3 is 20.1 Å². The van der Waals surface area contributed by atoms with Crippen LogP contribution in [0.2, 0.25) is 5.02 Å². The maximum atomic E-state index is 12.7. The second-order valence-corrected chi connectivity index (χ2v) is 5.57. The molecular formula is C17H16ClF3N2O3. The molecule has 2 N–H and O–H groups in total. The topological polar surface area (TPSA) is 59.6 Å². The van der Waals surface area contributed by atoms with E-state index >= 15 is 0 Å². The van der Waals surface area contributed by atoms with Gasteiger partial charge in [0.2, 0.25) is 5.91 Å². The van der Waals surface area contributed by atoms with Crippen LogP contribution < -0.4 is 20.1 Å². The van der Waals surface area contributed by atoms with Gasteiger partial charge in [-0.15, -0.1) is 0 Å². The lowest BCUT2D eigenvalue weighted by atomic mass is 10.2. The van der Waals surface area contributed by atoms with E-state index in [9.17, 15) is 18.0 Å². The zero-order valence-corrected chi connectivity index (χ0v) is 14.7. The number of ether oxygens (including phenoxy) is 2. The summed E-state index contributed by atoms with van der Waals surface area (Å²) in [6, 6.07) is 7.55. The maximum absolute atomic E-state index is 12.7. The van der Waals surface area contributed by atoms with Crippen LogP contribution in [-0.4, -0.2) is 26.7 Å². The molecule has 0 unspecified atom stereocenters. The van der Waals surface area contributed by atoms with Gasteiger partial charge in [0, 0.05) is 17.8 Å². The van der Waals surface area contributed by atoms with Crippen molar-refractivity contribution < 1.29 is 27.4 Å². The Morgan fingerprint density at radius 1 is 1.12 bits per heavy atom. The minimum atomic E-state index is -4.45. The minimum absolute atomic E-state index is 0.177. The number of hydrogen-bond acceptors (Lipinski definition) is 4. The fourth-order valence-electron chi connectivity index (χ4n) is 2.14. The van der Waals surface area contributed by atoms with Crippen LogP contribution in [0.3, 0.4) is 0 Å². The van der Waals surface area contributed by atoms with E-state index in [-0.39, 0.29) is 12.2 Å². The van der Waals surface area contributed by atoms with Crippen LogP contribution in [-0.2, 0) is 11.0 Å². The first-order valence-electron chi connectivity index (χ1n) is 7.37. The van der Waals surface area contributed by atoms with Crippen molar-refractivity contribution in [1.82, 2.24) is 0 Å². The number of amides is 1. The molecule has 0 fully saturated rings. The van der Waals surface area contributed by atoms with Gasteiger partial charge in [-0.25, -0.2) is 0 Å². The molecule has 0 heterocycles. The molecule has 0 atom stereocenters. The summed E-state index contributed by atoms with van der Waals surface area (Å²) in [5.41, 5.74) is -0.299. The van der Waals surface area contributed by atoms with Crippen LogP contribution in [0.15, 0.2) is 36.4 Å². The van der Waals surface area contributed by atoms with Crippen molar-refractivity contribution in [2.75, 3.05) is 31.4 Å². The molecule has 0 aliphatic rings. The van der Waals surface area contributed by atoms with Crippen LogP contribution >= 0.6 is 11.6 Å². The van der Waals surface area contributed by atoms with E-state index in [0.29, 0.717) is 22.2 Å². The average molecular weight is 389 g/mol. The molecule has 0 aliphatic heterocycles. The summed E-state index contributed by atoms with van der Waals surface area (Å²) < 4.78 is 48.3. The number of anilines is 2. The van der Waals surface area contributed by atoms with E-state index in [1.165, 1.54) is 38.5 Å². The van der Waals surface area contributed by atoms with Crippen LogP contribution in [0.25, 0.3) is 0 Å². The molecule has 0 spiro atoms. The molecule has 0 saturated carbocycles. The zero-order chi connectivity index (χ0) is 19.3. The van der Waals surface area contributed by atoms with Crippen molar-refractivity contribution in [3.8, 4) is 11.5 Å². The number of halogens is 4. The Kier molecular flexibility index (Phi) is 6.20. The lowest BCUT2D eigenvalue weighted by Gasteiger charge is -2.14. The Labute approximate surface area is 153 Å². The van der Waals surface area contributed by atoms with Gasteiger partial charge in [0.15, 0.2) is 0 Å². The highest BCUT2D eigenvalue weighted by Crippen LogP contribution is 2.36. The molecule has 0 radical (unpaired) electrons. The number of carbonyl (C=O) groups is 1. The highest BCUT2D eigenvalue weighted by molar-refractivity contribution is 6.32. The van der Waals surface area contributed by atoms with Gasteiger partial charge in [0.05, 0.1) is 37.0 Å². The predicted octanol–water partition coefficient (Wildman–Crippen LogP) is 4.43. The van der Waals surface area contributed by atoms with Crippen molar-refractivity contribution in [3.05, 3.63) is 47.0 Å².